The van der Waals surface area contributed by atoms with Gasteiger partial charge in [0.2, 0.25) is 5.88 Å². The Kier molecular flexibility index (Phi) is 5.45. The highest BCUT2D eigenvalue weighted by Gasteiger charge is 2.33. The average Bonchev–Trinajstić information content (AvgIpc) is 3.23. The van der Waals surface area contributed by atoms with E-state index in [0.717, 1.165) is 29.2 Å². The summed E-state index contributed by atoms with van der Waals surface area (Å²) >= 11 is 0. The molecule has 1 atom stereocenters. The summed E-state index contributed by atoms with van der Waals surface area (Å²) in [6, 6.07) is 13.9. The molecule has 0 saturated heterocycles. The number of hydrogen-bond acceptors (Lipinski definition) is 5. The fraction of sp³-hybridized carbons (Fsp3) is 0.160. The molecule has 0 fully saturated rings. The molecule has 172 valence electrons. The second-order valence-electron chi connectivity index (χ2n) is 7.94. The lowest BCUT2D eigenvalue weighted by Gasteiger charge is -2.32. The lowest BCUT2D eigenvalue weighted by atomic mass is 10.1. The van der Waals surface area contributed by atoms with Gasteiger partial charge in [-0.05, 0) is 42.8 Å². The van der Waals surface area contributed by atoms with E-state index in [-0.39, 0.29) is 35.8 Å². The molecule has 0 aliphatic carbocycles. The second-order valence-corrected chi connectivity index (χ2v) is 7.94. The molecule has 4 aromatic rings. The zero-order chi connectivity index (χ0) is 23.8. The summed E-state index contributed by atoms with van der Waals surface area (Å²) in [6.45, 7) is 1.60. The van der Waals surface area contributed by atoms with Gasteiger partial charge in [0.1, 0.15) is 28.7 Å². The largest absolute Gasteiger partial charge is 0.463 e. The topological polar surface area (TPSA) is 84.7 Å². The van der Waals surface area contributed by atoms with Crippen molar-refractivity contribution in [3.05, 3.63) is 89.3 Å². The van der Waals surface area contributed by atoms with Crippen LogP contribution in [0.5, 0.6) is 5.88 Å². The molecule has 0 bridgehead atoms. The minimum Gasteiger partial charge on any atom is -0.463 e. The second kappa shape index (κ2) is 8.58. The van der Waals surface area contributed by atoms with Crippen molar-refractivity contribution in [2.45, 2.75) is 26.1 Å². The van der Waals surface area contributed by atoms with Crippen molar-refractivity contribution in [2.75, 3.05) is 4.90 Å². The number of carbonyl (C=O) groups excluding carboxylic acids is 2. The predicted octanol–water partition coefficient (Wildman–Crippen LogP) is 4.35. The lowest BCUT2D eigenvalue weighted by molar-refractivity contribution is -0.125. The number of fused-ring (bicyclic) bond motifs is 2. The van der Waals surface area contributed by atoms with Gasteiger partial charge in [0.05, 0.1) is 18.7 Å². The molecule has 1 unspecified atom stereocenters. The molecule has 9 heteroatoms. The van der Waals surface area contributed by atoms with Crippen LogP contribution in [0.1, 0.15) is 28.6 Å². The van der Waals surface area contributed by atoms with E-state index < -0.39 is 29.6 Å². The van der Waals surface area contributed by atoms with Gasteiger partial charge in [0.25, 0.3) is 11.8 Å². The first-order valence-electron chi connectivity index (χ1n) is 10.6. The minimum absolute atomic E-state index is 0.111. The van der Waals surface area contributed by atoms with E-state index in [1.54, 1.807) is 6.92 Å². The summed E-state index contributed by atoms with van der Waals surface area (Å²) in [7, 11) is 0. The van der Waals surface area contributed by atoms with Crippen molar-refractivity contribution in [1.82, 2.24) is 10.3 Å². The zero-order valence-electron chi connectivity index (χ0n) is 18.0. The van der Waals surface area contributed by atoms with Gasteiger partial charge in [-0.2, -0.15) is 0 Å². The Morgan fingerprint density at radius 3 is 2.65 bits per heavy atom. The van der Waals surface area contributed by atoms with E-state index in [9.17, 15) is 18.4 Å². The standard InChI is InChI=1S/C25H19F2N3O4/c1-14-25(32)30(13-15-6-18(26)10-19(27)7-15)21-9-17(11-29-24(21)33-14)23(31)28-12-20-8-16-4-2-3-5-22(16)34-20/h2-11,14H,12-13H2,1H3,(H,28,31). The Morgan fingerprint density at radius 1 is 1.12 bits per heavy atom. The number of hydrogen-bond donors (Lipinski definition) is 1. The van der Waals surface area contributed by atoms with Crippen molar-refractivity contribution in [2.24, 2.45) is 0 Å². The zero-order valence-corrected chi connectivity index (χ0v) is 18.0. The predicted molar refractivity (Wildman–Crippen MR) is 119 cm³/mol. The normalized spacial score (nSPS) is 15.2. The summed E-state index contributed by atoms with van der Waals surface area (Å²) < 4.78 is 38.6. The highest BCUT2D eigenvalue weighted by molar-refractivity contribution is 6.01. The quantitative estimate of drug-likeness (QED) is 0.476. The molecule has 34 heavy (non-hydrogen) atoms. The molecule has 1 aliphatic rings. The van der Waals surface area contributed by atoms with Gasteiger partial charge in [0, 0.05) is 17.6 Å². The molecule has 0 saturated carbocycles. The molecule has 7 nitrogen and oxygen atoms in total. The third kappa shape index (κ3) is 4.19. The number of amides is 2. The molecule has 1 N–H and O–H groups in total. The highest BCUT2D eigenvalue weighted by Crippen LogP contribution is 2.34. The summed E-state index contributed by atoms with van der Waals surface area (Å²) in [5.41, 5.74) is 1.41. The number of rotatable bonds is 5. The Labute approximate surface area is 193 Å². The molecular formula is C25H19F2N3O4. The van der Waals surface area contributed by atoms with Gasteiger partial charge in [-0.25, -0.2) is 13.8 Å². The van der Waals surface area contributed by atoms with Crippen LogP contribution in [0.4, 0.5) is 14.5 Å². The molecule has 2 aromatic heterocycles. The van der Waals surface area contributed by atoms with Crippen LogP contribution in [0.2, 0.25) is 0 Å². The van der Waals surface area contributed by atoms with Crippen molar-refractivity contribution < 1.29 is 27.5 Å². The number of pyridine rings is 1. The average molecular weight is 463 g/mol. The van der Waals surface area contributed by atoms with E-state index in [0.29, 0.717) is 5.76 Å². The summed E-state index contributed by atoms with van der Waals surface area (Å²) in [6.07, 6.45) is 0.501. The number of nitrogens with one attached hydrogen (secondary N) is 1. The van der Waals surface area contributed by atoms with Crippen LogP contribution in [0.3, 0.4) is 0 Å². The molecule has 3 heterocycles. The summed E-state index contributed by atoms with van der Waals surface area (Å²) in [5, 5.41) is 3.69. The van der Waals surface area contributed by atoms with Crippen LogP contribution in [0, 0.1) is 11.6 Å². The number of anilines is 1. The van der Waals surface area contributed by atoms with Crippen molar-refractivity contribution in [3.8, 4) is 5.88 Å². The summed E-state index contributed by atoms with van der Waals surface area (Å²) in [5.74, 6) is -1.61. The number of halogens is 2. The van der Waals surface area contributed by atoms with E-state index in [4.69, 9.17) is 9.15 Å². The highest BCUT2D eigenvalue weighted by atomic mass is 19.1. The Hall–Kier alpha value is -4.27. The molecule has 5 rings (SSSR count). The number of carbonyl (C=O) groups is 2. The van der Waals surface area contributed by atoms with Crippen LogP contribution in [0.25, 0.3) is 11.0 Å². The Balaban J connectivity index is 1.38. The smallest absolute Gasteiger partial charge is 0.268 e. The van der Waals surface area contributed by atoms with Gasteiger partial charge in [-0.3, -0.25) is 14.5 Å². The Morgan fingerprint density at radius 2 is 1.88 bits per heavy atom. The van der Waals surface area contributed by atoms with Gasteiger partial charge >= 0.3 is 0 Å². The molecular weight excluding hydrogens is 444 g/mol. The maximum atomic E-state index is 13.7. The van der Waals surface area contributed by atoms with Crippen LogP contribution < -0.4 is 15.0 Å². The molecule has 0 radical (unpaired) electrons. The fourth-order valence-corrected chi connectivity index (χ4v) is 3.85. The Bertz CT molecular complexity index is 1370. The van der Waals surface area contributed by atoms with E-state index in [1.165, 1.54) is 17.2 Å². The van der Waals surface area contributed by atoms with Crippen LogP contribution in [-0.2, 0) is 17.9 Å². The van der Waals surface area contributed by atoms with Gasteiger partial charge in [-0.1, -0.05) is 18.2 Å². The van der Waals surface area contributed by atoms with Crippen molar-refractivity contribution >= 4 is 28.5 Å². The van der Waals surface area contributed by atoms with Crippen LogP contribution in [-0.4, -0.2) is 22.9 Å². The maximum Gasteiger partial charge on any atom is 0.268 e. The SMILES string of the molecule is CC1Oc2ncc(C(=O)NCc3cc4ccccc4o3)cc2N(Cc2cc(F)cc(F)c2)C1=O. The first kappa shape index (κ1) is 21.6. The molecule has 1 aliphatic heterocycles. The maximum absolute atomic E-state index is 13.7. The number of nitrogens with zero attached hydrogens (tertiary/aromatic N) is 2. The first-order chi connectivity index (χ1) is 16.4. The van der Waals surface area contributed by atoms with E-state index >= 15 is 0 Å². The van der Waals surface area contributed by atoms with Gasteiger partial charge in [0.15, 0.2) is 6.10 Å². The number of benzene rings is 2. The number of ether oxygens (including phenoxy) is 1. The third-order valence-electron chi connectivity index (χ3n) is 5.45. The molecule has 0 spiro atoms. The first-order valence-corrected chi connectivity index (χ1v) is 10.6. The number of para-hydroxylation sites is 1. The third-order valence-corrected chi connectivity index (χ3v) is 5.45. The van der Waals surface area contributed by atoms with Crippen molar-refractivity contribution in [1.29, 1.82) is 0 Å². The van der Waals surface area contributed by atoms with E-state index in [2.05, 4.69) is 10.3 Å². The van der Waals surface area contributed by atoms with Crippen molar-refractivity contribution in [3.63, 3.8) is 0 Å². The fourth-order valence-electron chi connectivity index (χ4n) is 3.85. The van der Waals surface area contributed by atoms with Crippen LogP contribution in [0.15, 0.2) is 65.2 Å². The molecule has 2 amide bonds. The molecule has 2 aromatic carbocycles. The lowest BCUT2D eigenvalue weighted by Crippen LogP contribution is -2.44. The monoisotopic (exact) mass is 463 g/mol. The van der Waals surface area contributed by atoms with Gasteiger partial charge < -0.3 is 14.5 Å². The number of furan rings is 1. The van der Waals surface area contributed by atoms with E-state index in [1.807, 2.05) is 30.3 Å². The van der Waals surface area contributed by atoms with Gasteiger partial charge in [-0.15, -0.1) is 0 Å². The number of aromatic nitrogens is 1. The minimum atomic E-state index is -0.842. The van der Waals surface area contributed by atoms with Crippen LogP contribution >= 0.6 is 0 Å². The summed E-state index contributed by atoms with van der Waals surface area (Å²) in [4.78, 5) is 31.1.